The molecule has 1 aliphatic rings. The highest BCUT2D eigenvalue weighted by Crippen LogP contribution is 2.35. The number of carbonyl (C=O) groups is 3. The van der Waals surface area contributed by atoms with Gasteiger partial charge in [-0.15, -0.1) is 0 Å². The summed E-state index contributed by atoms with van der Waals surface area (Å²) in [5.74, 6) is -7.00. The van der Waals surface area contributed by atoms with Gasteiger partial charge in [0.05, 0.1) is 23.2 Å². The fourth-order valence-electron chi connectivity index (χ4n) is 4.70. The number of alkyl halides is 6. The largest absolute Gasteiger partial charge is 0.460 e. The van der Waals surface area contributed by atoms with E-state index in [4.69, 9.17) is 4.74 Å². The van der Waals surface area contributed by atoms with Crippen LogP contribution in [-0.4, -0.2) is 54.7 Å². The number of carbonyl (C=O) groups excluding carboxylic acids is 3. The normalized spacial score (nSPS) is 17.3. The van der Waals surface area contributed by atoms with Gasteiger partial charge >= 0.3 is 18.3 Å². The summed E-state index contributed by atoms with van der Waals surface area (Å²) in [6, 6.07) is 15.4. The van der Waals surface area contributed by atoms with E-state index in [0.717, 1.165) is 0 Å². The van der Waals surface area contributed by atoms with Crippen LogP contribution in [0.5, 0.6) is 0 Å². The molecule has 0 bridgehead atoms. The Hall–Kier alpha value is -3.90. The van der Waals surface area contributed by atoms with Crippen molar-refractivity contribution in [2.75, 3.05) is 11.9 Å². The molecular weight excluding hydrogens is 580 g/mol. The van der Waals surface area contributed by atoms with E-state index in [0.29, 0.717) is 22.5 Å². The third-order valence-corrected chi connectivity index (χ3v) is 6.68. The van der Waals surface area contributed by atoms with Crippen molar-refractivity contribution in [3.8, 4) is 0 Å². The number of benzene rings is 2. The number of fused-ring (bicyclic) bond motifs is 1. The molecule has 3 rings (SSSR count). The van der Waals surface area contributed by atoms with E-state index in [2.05, 4.69) is 10.3 Å². The number of anilines is 1. The highest BCUT2D eigenvalue weighted by molar-refractivity contribution is 6.20. The molecule has 2 amide bonds. The first-order valence-electron chi connectivity index (χ1n) is 13.5. The highest BCUT2D eigenvalue weighted by Gasteiger charge is 2.43. The first-order chi connectivity index (χ1) is 19.9. The molecule has 43 heavy (non-hydrogen) atoms. The minimum absolute atomic E-state index is 0.298. The van der Waals surface area contributed by atoms with Crippen LogP contribution in [0.15, 0.2) is 59.6 Å². The Morgan fingerprint density at radius 1 is 0.884 bits per heavy atom. The molecule has 0 aliphatic carbocycles. The summed E-state index contributed by atoms with van der Waals surface area (Å²) in [4.78, 5) is 45.9. The monoisotopic (exact) mass is 613 g/mol. The van der Waals surface area contributed by atoms with Crippen molar-refractivity contribution in [3.05, 3.63) is 65.7 Å². The van der Waals surface area contributed by atoms with Crippen molar-refractivity contribution in [1.29, 1.82) is 0 Å². The van der Waals surface area contributed by atoms with Crippen LogP contribution in [-0.2, 0) is 19.1 Å². The van der Waals surface area contributed by atoms with E-state index in [-0.39, 0.29) is 0 Å². The first-order valence-corrected chi connectivity index (χ1v) is 13.5. The molecule has 0 radical (unpaired) electrons. The van der Waals surface area contributed by atoms with Crippen molar-refractivity contribution >= 4 is 29.2 Å². The van der Waals surface area contributed by atoms with Crippen LogP contribution < -0.4 is 10.2 Å². The SMILES string of the molecule is CN1C(=O)C(NC(=O)C(CCC(F)(F)F)C(CCC(F)(F)F)C(=O)OC(C)(C)C)N=C(c2ccccc2)c2ccccc21. The Morgan fingerprint density at radius 3 is 1.98 bits per heavy atom. The van der Waals surface area contributed by atoms with Crippen LogP contribution >= 0.6 is 0 Å². The molecule has 2 aromatic rings. The molecule has 0 fully saturated rings. The Bertz CT molecular complexity index is 1340. The van der Waals surface area contributed by atoms with E-state index in [1.54, 1.807) is 54.6 Å². The first kappa shape index (κ1) is 33.6. The van der Waals surface area contributed by atoms with Gasteiger partial charge in [0.25, 0.3) is 5.91 Å². The minimum Gasteiger partial charge on any atom is -0.460 e. The molecule has 1 N–H and O–H groups in total. The topological polar surface area (TPSA) is 88.1 Å². The zero-order chi connectivity index (χ0) is 32.2. The molecule has 7 nitrogen and oxygen atoms in total. The van der Waals surface area contributed by atoms with Crippen LogP contribution in [0.25, 0.3) is 0 Å². The molecule has 0 aromatic heterocycles. The predicted octanol–water partition coefficient (Wildman–Crippen LogP) is 6.20. The number of nitrogens with zero attached hydrogens (tertiary/aromatic N) is 2. The van der Waals surface area contributed by atoms with Gasteiger partial charge in [-0.25, -0.2) is 4.99 Å². The van der Waals surface area contributed by atoms with Crippen LogP contribution in [0.4, 0.5) is 32.0 Å². The molecule has 3 unspecified atom stereocenters. The standard InChI is InChI=1S/C30H33F6N3O4/c1-28(2,3)43-27(42)20(15-17-30(34,35)36)19(14-16-29(31,32)33)25(40)38-24-26(41)39(4)22-13-9-8-12-21(22)23(37-24)18-10-6-5-7-11-18/h5-13,19-20,24H,14-17H2,1-4H3,(H,38,40). The van der Waals surface area contributed by atoms with Gasteiger partial charge in [0.1, 0.15) is 5.60 Å². The van der Waals surface area contributed by atoms with Gasteiger partial charge in [0.2, 0.25) is 12.1 Å². The third-order valence-electron chi connectivity index (χ3n) is 6.68. The maximum absolute atomic E-state index is 13.6. The van der Waals surface area contributed by atoms with Gasteiger partial charge in [-0.05, 0) is 39.7 Å². The molecule has 1 aliphatic heterocycles. The average molecular weight is 614 g/mol. The molecule has 0 saturated carbocycles. The lowest BCUT2D eigenvalue weighted by molar-refractivity contribution is -0.171. The number of amides is 2. The lowest BCUT2D eigenvalue weighted by atomic mass is 9.83. The molecule has 234 valence electrons. The lowest BCUT2D eigenvalue weighted by Gasteiger charge is -2.30. The van der Waals surface area contributed by atoms with Gasteiger partial charge in [0.15, 0.2) is 0 Å². The summed E-state index contributed by atoms with van der Waals surface area (Å²) < 4.78 is 84.7. The number of hydrogen-bond acceptors (Lipinski definition) is 5. The average Bonchev–Trinajstić information content (AvgIpc) is 2.99. The van der Waals surface area contributed by atoms with Gasteiger partial charge in [-0.2, -0.15) is 26.3 Å². The smallest absolute Gasteiger partial charge is 0.389 e. The number of likely N-dealkylation sites (N-methyl/N-ethyl adjacent to an activating group) is 1. The van der Waals surface area contributed by atoms with Crippen molar-refractivity contribution in [2.45, 2.75) is 70.6 Å². The number of para-hydroxylation sites is 1. The predicted molar refractivity (Wildman–Crippen MR) is 147 cm³/mol. The van der Waals surface area contributed by atoms with Crippen molar-refractivity contribution < 1.29 is 45.5 Å². The molecular formula is C30H33F6N3O4. The maximum atomic E-state index is 13.6. The van der Waals surface area contributed by atoms with E-state index >= 15 is 0 Å². The second-order valence-electron chi connectivity index (χ2n) is 11.2. The third kappa shape index (κ3) is 9.55. The summed E-state index contributed by atoms with van der Waals surface area (Å²) >= 11 is 0. The minimum atomic E-state index is -4.78. The maximum Gasteiger partial charge on any atom is 0.389 e. The molecule has 2 aromatic carbocycles. The summed E-state index contributed by atoms with van der Waals surface area (Å²) in [5.41, 5.74) is 0.651. The molecule has 13 heteroatoms. The summed E-state index contributed by atoms with van der Waals surface area (Å²) in [7, 11) is 1.43. The van der Waals surface area contributed by atoms with Crippen molar-refractivity contribution in [1.82, 2.24) is 5.32 Å². The van der Waals surface area contributed by atoms with Gasteiger partial charge in [0, 0.05) is 31.0 Å². The summed E-state index contributed by atoms with van der Waals surface area (Å²) in [5, 5.41) is 2.33. The Labute approximate surface area is 245 Å². The van der Waals surface area contributed by atoms with Gasteiger partial charge < -0.3 is 15.0 Å². The number of hydrogen-bond donors (Lipinski definition) is 1. The van der Waals surface area contributed by atoms with Crippen LogP contribution in [0.1, 0.15) is 57.6 Å². The molecule has 0 saturated heterocycles. The Kier molecular flexibility index (Phi) is 10.3. The van der Waals surface area contributed by atoms with Gasteiger partial charge in [-0.3, -0.25) is 14.4 Å². The van der Waals surface area contributed by atoms with Crippen LogP contribution in [0.2, 0.25) is 0 Å². The van der Waals surface area contributed by atoms with Gasteiger partial charge in [-0.1, -0.05) is 48.5 Å². The van der Waals surface area contributed by atoms with Crippen molar-refractivity contribution in [3.63, 3.8) is 0 Å². The van der Waals surface area contributed by atoms with Crippen LogP contribution in [0, 0.1) is 11.8 Å². The summed E-state index contributed by atoms with van der Waals surface area (Å²) in [6.07, 6.45) is -16.3. The number of ether oxygens (including phenoxy) is 1. The quantitative estimate of drug-likeness (QED) is 0.270. The Morgan fingerprint density at radius 2 is 1.42 bits per heavy atom. The number of aliphatic imine (C=N–C) groups is 1. The fraction of sp³-hybridized carbons (Fsp3) is 0.467. The van der Waals surface area contributed by atoms with E-state index < -0.39 is 79.4 Å². The highest BCUT2D eigenvalue weighted by atomic mass is 19.4. The lowest BCUT2D eigenvalue weighted by Crippen LogP contribution is -2.50. The fourth-order valence-corrected chi connectivity index (χ4v) is 4.70. The Balaban J connectivity index is 2.05. The zero-order valence-corrected chi connectivity index (χ0v) is 24.1. The number of rotatable bonds is 9. The molecule has 3 atom stereocenters. The number of halogens is 6. The zero-order valence-electron chi connectivity index (χ0n) is 24.1. The second-order valence-corrected chi connectivity index (χ2v) is 11.2. The van der Waals surface area contributed by atoms with Crippen LogP contribution in [0.3, 0.4) is 0 Å². The second kappa shape index (κ2) is 13.2. The molecule has 1 heterocycles. The summed E-state index contributed by atoms with van der Waals surface area (Å²) in [6.45, 7) is 4.32. The number of benzodiazepines with no additional fused rings is 1. The van der Waals surface area contributed by atoms with E-state index in [9.17, 15) is 40.7 Å². The number of esters is 1. The number of nitrogens with one attached hydrogen (secondary N) is 1. The molecule has 0 spiro atoms. The van der Waals surface area contributed by atoms with E-state index in [1.165, 1.54) is 32.7 Å². The van der Waals surface area contributed by atoms with E-state index in [1.807, 2.05) is 0 Å². The van der Waals surface area contributed by atoms with Crippen molar-refractivity contribution in [2.24, 2.45) is 16.8 Å².